The van der Waals surface area contributed by atoms with Crippen LogP contribution < -0.4 is 5.56 Å². The molecule has 0 saturated carbocycles. The van der Waals surface area contributed by atoms with E-state index in [0.29, 0.717) is 22.4 Å². The molecule has 3 N–H and O–H groups in total. The van der Waals surface area contributed by atoms with E-state index >= 15 is 0 Å². The summed E-state index contributed by atoms with van der Waals surface area (Å²) < 4.78 is 65.2. The lowest BCUT2D eigenvalue weighted by atomic mass is 10.1. The number of hydrogen-bond donors (Lipinski definition) is 3. The van der Waals surface area contributed by atoms with Crippen molar-refractivity contribution in [1.82, 2.24) is 9.78 Å². The van der Waals surface area contributed by atoms with Gasteiger partial charge in [-0.05, 0) is 30.3 Å². The first-order valence-corrected chi connectivity index (χ1v) is 10.4. The van der Waals surface area contributed by atoms with Crippen LogP contribution in [0.15, 0.2) is 63.1 Å². The van der Waals surface area contributed by atoms with Crippen LogP contribution in [-0.2, 0) is 20.2 Å². The molecule has 0 aliphatic carbocycles. The molecule has 1 heterocycles. The van der Waals surface area contributed by atoms with Gasteiger partial charge in [-0.25, -0.2) is 4.68 Å². The number of non-ortho nitro benzene ring substituents is 1. The first-order valence-electron chi connectivity index (χ1n) is 7.54. The topological polar surface area (TPSA) is 190 Å². The maximum Gasteiger partial charge on any atom is 0.296 e. The van der Waals surface area contributed by atoms with Gasteiger partial charge in [-0.1, -0.05) is 0 Å². The zero-order valence-corrected chi connectivity index (χ0v) is 15.7. The van der Waals surface area contributed by atoms with E-state index in [1.807, 2.05) is 0 Å². The Morgan fingerprint density at radius 2 is 1.55 bits per heavy atom. The third-order valence-corrected chi connectivity index (χ3v) is 5.61. The minimum Gasteiger partial charge on any atom is -0.290 e. The SMILES string of the molecule is O=c1cc(-c2ccc([N+](=O)[O-])cc2)[nH]n1-c1cc(S(=O)(=O)O)ccc1S(=O)(=O)O. The van der Waals surface area contributed by atoms with Crippen LogP contribution in [-0.4, -0.2) is 40.6 Å². The molecule has 0 aliphatic heterocycles. The predicted molar refractivity (Wildman–Crippen MR) is 98.1 cm³/mol. The van der Waals surface area contributed by atoms with Crippen LogP contribution in [0.3, 0.4) is 0 Å². The van der Waals surface area contributed by atoms with Gasteiger partial charge < -0.3 is 0 Å². The van der Waals surface area contributed by atoms with E-state index in [4.69, 9.17) is 0 Å². The summed E-state index contributed by atoms with van der Waals surface area (Å²) in [6.45, 7) is 0. The number of nitrogens with one attached hydrogen (secondary N) is 1. The average Bonchev–Trinajstić information content (AvgIpc) is 3.01. The third kappa shape index (κ3) is 4.09. The number of nitrogens with zero attached hydrogens (tertiary/aromatic N) is 2. The lowest BCUT2D eigenvalue weighted by Gasteiger charge is -2.09. The van der Waals surface area contributed by atoms with Crippen LogP contribution in [0.2, 0.25) is 0 Å². The van der Waals surface area contributed by atoms with Crippen molar-refractivity contribution in [2.45, 2.75) is 9.79 Å². The Bertz CT molecular complexity index is 1390. The summed E-state index contributed by atoms with van der Waals surface area (Å²) in [5.41, 5.74) is -1.10. The molecule has 0 aliphatic rings. The largest absolute Gasteiger partial charge is 0.296 e. The van der Waals surface area contributed by atoms with Crippen LogP contribution >= 0.6 is 0 Å². The van der Waals surface area contributed by atoms with E-state index in [1.54, 1.807) is 0 Å². The second-order valence-electron chi connectivity index (χ2n) is 5.73. The smallest absolute Gasteiger partial charge is 0.290 e. The maximum absolute atomic E-state index is 12.4. The zero-order chi connectivity index (χ0) is 21.6. The lowest BCUT2D eigenvalue weighted by molar-refractivity contribution is -0.384. The molecule has 2 aromatic carbocycles. The average molecular weight is 441 g/mol. The Balaban J connectivity index is 2.21. The fourth-order valence-corrected chi connectivity index (χ4v) is 3.69. The second kappa shape index (κ2) is 6.93. The van der Waals surface area contributed by atoms with Gasteiger partial charge in [-0.3, -0.25) is 29.1 Å². The summed E-state index contributed by atoms with van der Waals surface area (Å²) in [6, 6.07) is 8.24. The van der Waals surface area contributed by atoms with Crippen molar-refractivity contribution in [1.29, 1.82) is 0 Å². The van der Waals surface area contributed by atoms with E-state index in [9.17, 15) is 40.8 Å². The molecule has 29 heavy (non-hydrogen) atoms. The number of aromatic amines is 1. The molecule has 0 unspecified atom stereocenters. The highest BCUT2D eigenvalue weighted by molar-refractivity contribution is 7.86. The number of H-pyrrole nitrogens is 1. The molecule has 0 atom stereocenters. The van der Waals surface area contributed by atoms with Gasteiger partial charge in [0.2, 0.25) is 0 Å². The van der Waals surface area contributed by atoms with E-state index in [-0.39, 0.29) is 11.4 Å². The number of aromatic nitrogens is 2. The van der Waals surface area contributed by atoms with Crippen molar-refractivity contribution >= 4 is 25.9 Å². The predicted octanol–water partition coefficient (Wildman–Crippen LogP) is 1.23. The van der Waals surface area contributed by atoms with Gasteiger partial charge in [0, 0.05) is 23.8 Å². The molecule has 14 heteroatoms. The maximum atomic E-state index is 12.4. The summed E-state index contributed by atoms with van der Waals surface area (Å²) >= 11 is 0. The standard InChI is InChI=1S/C15H11N3O9S2/c19-15-8-12(9-1-3-10(4-2-9)18(20)21)16-17(15)13-7-11(28(22,23)24)5-6-14(13)29(25,26)27/h1-8,16H,(H,22,23,24)(H,25,26,27). The summed E-state index contributed by atoms with van der Waals surface area (Å²) in [5.74, 6) is 0. The highest BCUT2D eigenvalue weighted by Gasteiger charge is 2.22. The molecule has 1 aromatic heterocycles. The summed E-state index contributed by atoms with van der Waals surface area (Å²) in [5, 5.41) is 13.3. The molecule has 0 fully saturated rings. The van der Waals surface area contributed by atoms with Crippen LogP contribution in [0.4, 0.5) is 5.69 Å². The van der Waals surface area contributed by atoms with Crippen molar-refractivity contribution in [3.63, 3.8) is 0 Å². The Kier molecular flexibility index (Phi) is 4.87. The zero-order valence-electron chi connectivity index (χ0n) is 14.1. The Morgan fingerprint density at radius 3 is 2.07 bits per heavy atom. The van der Waals surface area contributed by atoms with Gasteiger partial charge in [0.25, 0.3) is 31.5 Å². The normalized spacial score (nSPS) is 12.1. The Hall–Kier alpha value is -3.33. The number of nitro benzene ring substituents is 1. The number of hydrogen-bond acceptors (Lipinski definition) is 7. The molecular weight excluding hydrogens is 430 g/mol. The Labute approximate surface area is 162 Å². The van der Waals surface area contributed by atoms with E-state index in [0.717, 1.165) is 12.1 Å². The summed E-state index contributed by atoms with van der Waals surface area (Å²) in [6.07, 6.45) is 0. The molecule has 3 aromatic rings. The molecule has 0 saturated heterocycles. The third-order valence-electron chi connectivity index (χ3n) is 3.86. The molecule has 3 rings (SSSR count). The quantitative estimate of drug-likeness (QED) is 0.297. The lowest BCUT2D eigenvalue weighted by Crippen LogP contribution is -2.17. The van der Waals surface area contributed by atoms with Gasteiger partial charge in [0.15, 0.2) is 0 Å². The van der Waals surface area contributed by atoms with E-state index in [1.165, 1.54) is 24.3 Å². The monoisotopic (exact) mass is 441 g/mol. The van der Waals surface area contributed by atoms with Gasteiger partial charge in [-0.2, -0.15) is 16.8 Å². The van der Waals surface area contributed by atoms with Crippen LogP contribution in [0.5, 0.6) is 0 Å². The Morgan fingerprint density at radius 1 is 0.931 bits per heavy atom. The fourth-order valence-electron chi connectivity index (χ4n) is 2.54. The van der Waals surface area contributed by atoms with Crippen molar-refractivity contribution < 1.29 is 30.9 Å². The van der Waals surface area contributed by atoms with Gasteiger partial charge in [-0.15, -0.1) is 0 Å². The highest BCUT2D eigenvalue weighted by atomic mass is 32.2. The molecule has 0 radical (unpaired) electrons. The van der Waals surface area contributed by atoms with Crippen LogP contribution in [0.25, 0.3) is 16.9 Å². The fraction of sp³-hybridized carbons (Fsp3) is 0. The minimum atomic E-state index is -4.86. The van der Waals surface area contributed by atoms with Crippen molar-refractivity contribution in [3.8, 4) is 16.9 Å². The van der Waals surface area contributed by atoms with Crippen LogP contribution in [0.1, 0.15) is 0 Å². The van der Waals surface area contributed by atoms with E-state index in [2.05, 4.69) is 5.10 Å². The first kappa shape index (κ1) is 20.4. The molecular formula is C15H11N3O9S2. The van der Waals surface area contributed by atoms with Gasteiger partial charge >= 0.3 is 0 Å². The number of benzene rings is 2. The summed E-state index contributed by atoms with van der Waals surface area (Å²) in [7, 11) is -9.60. The van der Waals surface area contributed by atoms with Crippen LogP contribution in [0, 0.1) is 10.1 Å². The molecule has 0 amide bonds. The second-order valence-corrected chi connectivity index (χ2v) is 8.54. The minimum absolute atomic E-state index is 0.128. The van der Waals surface area contributed by atoms with Crippen molar-refractivity contribution in [3.05, 3.63) is 69.0 Å². The molecule has 0 spiro atoms. The van der Waals surface area contributed by atoms with E-state index < -0.39 is 46.2 Å². The number of nitro groups is 1. The van der Waals surface area contributed by atoms with Gasteiger partial charge in [0.1, 0.15) is 4.90 Å². The molecule has 0 bridgehead atoms. The number of rotatable bonds is 5. The summed E-state index contributed by atoms with van der Waals surface area (Å²) in [4.78, 5) is 21.0. The van der Waals surface area contributed by atoms with Gasteiger partial charge in [0.05, 0.1) is 21.2 Å². The molecule has 12 nitrogen and oxygen atoms in total. The van der Waals surface area contributed by atoms with Crippen molar-refractivity contribution in [2.24, 2.45) is 0 Å². The van der Waals surface area contributed by atoms with Crippen molar-refractivity contribution in [2.75, 3.05) is 0 Å². The first-order chi connectivity index (χ1) is 13.4. The molecule has 152 valence electrons. The highest BCUT2D eigenvalue weighted by Crippen LogP contribution is 2.25.